The Labute approximate surface area is 223 Å². The number of likely N-dealkylation sites (tertiary alicyclic amines) is 1. The van der Waals surface area contributed by atoms with Crippen LogP contribution in [0.3, 0.4) is 0 Å². The number of aromatic nitrogens is 1. The van der Waals surface area contributed by atoms with E-state index in [0.29, 0.717) is 6.04 Å². The molecule has 2 aliphatic rings. The molecule has 1 unspecified atom stereocenters. The Bertz CT molecular complexity index is 1620. The van der Waals surface area contributed by atoms with E-state index in [-0.39, 0.29) is 11.9 Å². The van der Waals surface area contributed by atoms with Crippen molar-refractivity contribution in [2.75, 3.05) is 13.6 Å². The van der Waals surface area contributed by atoms with Crippen molar-refractivity contribution in [3.05, 3.63) is 131 Å². The second kappa shape index (κ2) is 9.45. The maximum atomic E-state index is 14.6. The van der Waals surface area contributed by atoms with E-state index in [4.69, 9.17) is 4.74 Å². The Morgan fingerprint density at radius 2 is 1.68 bits per heavy atom. The van der Waals surface area contributed by atoms with Crippen LogP contribution < -0.4 is 4.74 Å². The second-order valence-corrected chi connectivity index (χ2v) is 10.7. The number of likely N-dealkylation sites (N-methyl/N-ethyl adjacent to an activating group) is 1. The fourth-order valence-corrected chi connectivity index (χ4v) is 6.49. The molecule has 0 spiro atoms. The van der Waals surface area contributed by atoms with Gasteiger partial charge in [0.05, 0.1) is 6.04 Å². The number of hydrogen-bond donors (Lipinski definition) is 0. The van der Waals surface area contributed by atoms with Crippen LogP contribution in [0.25, 0.3) is 10.9 Å². The number of hydrogen-bond acceptors (Lipinski definition) is 2. The van der Waals surface area contributed by atoms with Crippen LogP contribution in [0, 0.1) is 5.82 Å². The number of para-hydroxylation sites is 1. The van der Waals surface area contributed by atoms with E-state index in [1.54, 1.807) is 12.1 Å². The van der Waals surface area contributed by atoms with Gasteiger partial charge in [0.25, 0.3) is 0 Å². The van der Waals surface area contributed by atoms with Crippen molar-refractivity contribution in [2.45, 2.75) is 37.8 Å². The molecule has 3 heterocycles. The maximum absolute atomic E-state index is 14.6. The smallest absolute Gasteiger partial charge is 0.133 e. The van der Waals surface area contributed by atoms with Crippen LogP contribution in [0.5, 0.6) is 11.5 Å². The lowest BCUT2D eigenvalue weighted by molar-refractivity contribution is 0.309. The first kappa shape index (κ1) is 23.2. The van der Waals surface area contributed by atoms with Crippen LogP contribution in [-0.2, 0) is 12.8 Å². The first-order chi connectivity index (χ1) is 18.7. The van der Waals surface area contributed by atoms with E-state index in [0.717, 1.165) is 47.4 Å². The Hall–Kier alpha value is -3.89. The van der Waals surface area contributed by atoms with Gasteiger partial charge < -0.3 is 14.2 Å². The molecule has 0 saturated carbocycles. The van der Waals surface area contributed by atoms with E-state index in [9.17, 15) is 4.39 Å². The monoisotopic (exact) mass is 502 g/mol. The highest BCUT2D eigenvalue weighted by atomic mass is 19.1. The van der Waals surface area contributed by atoms with Crippen LogP contribution >= 0.6 is 0 Å². The lowest BCUT2D eigenvalue weighted by atomic mass is 9.88. The normalized spacial score (nSPS) is 18.8. The Balaban J connectivity index is 1.43. The largest absolute Gasteiger partial charge is 0.457 e. The lowest BCUT2D eigenvalue weighted by Crippen LogP contribution is -2.26. The molecule has 4 heteroatoms. The SMILES string of the molecule is CN1CCCC1Cc1cn([C@H]2c3ccccc3Oc3cccc(Cc4ccccc4)c32)c2ccc(F)cc12. The van der Waals surface area contributed by atoms with Gasteiger partial charge in [-0.1, -0.05) is 60.7 Å². The zero-order chi connectivity index (χ0) is 25.6. The first-order valence-corrected chi connectivity index (χ1v) is 13.6. The van der Waals surface area contributed by atoms with Crippen molar-refractivity contribution in [2.24, 2.45) is 0 Å². The summed E-state index contributed by atoms with van der Waals surface area (Å²) in [6, 6.07) is 31.0. The summed E-state index contributed by atoms with van der Waals surface area (Å²) in [6.45, 7) is 1.13. The average Bonchev–Trinajstić information content (AvgIpc) is 3.50. The molecule has 1 fully saturated rings. The molecule has 5 aromatic rings. The third kappa shape index (κ3) is 4.00. The molecule has 2 aliphatic heterocycles. The van der Waals surface area contributed by atoms with Crippen molar-refractivity contribution in [3.63, 3.8) is 0 Å². The molecule has 7 rings (SSSR count). The summed E-state index contributed by atoms with van der Waals surface area (Å²) in [5, 5.41) is 1.01. The zero-order valence-electron chi connectivity index (χ0n) is 21.6. The van der Waals surface area contributed by atoms with Crippen molar-refractivity contribution >= 4 is 10.9 Å². The summed E-state index contributed by atoms with van der Waals surface area (Å²) >= 11 is 0. The summed E-state index contributed by atoms with van der Waals surface area (Å²) in [4.78, 5) is 2.44. The van der Waals surface area contributed by atoms with Gasteiger partial charge in [0.1, 0.15) is 17.3 Å². The van der Waals surface area contributed by atoms with E-state index < -0.39 is 0 Å². The van der Waals surface area contributed by atoms with Gasteiger partial charge >= 0.3 is 0 Å². The minimum Gasteiger partial charge on any atom is -0.457 e. The molecule has 1 aromatic heterocycles. The fraction of sp³-hybridized carbons (Fsp3) is 0.235. The highest BCUT2D eigenvalue weighted by Gasteiger charge is 2.32. The predicted octanol–water partition coefficient (Wildman–Crippen LogP) is 7.75. The molecule has 1 saturated heterocycles. The molecule has 0 bridgehead atoms. The third-order valence-electron chi connectivity index (χ3n) is 8.38. The number of rotatable bonds is 5. The zero-order valence-corrected chi connectivity index (χ0v) is 21.6. The van der Waals surface area contributed by atoms with Crippen LogP contribution in [0.2, 0.25) is 0 Å². The van der Waals surface area contributed by atoms with Gasteiger partial charge in [-0.3, -0.25) is 0 Å². The lowest BCUT2D eigenvalue weighted by Gasteiger charge is -2.32. The Morgan fingerprint density at radius 3 is 2.53 bits per heavy atom. The molecule has 0 aliphatic carbocycles. The van der Waals surface area contributed by atoms with Gasteiger partial charge in [0, 0.05) is 34.3 Å². The van der Waals surface area contributed by atoms with Crippen molar-refractivity contribution in [1.29, 1.82) is 0 Å². The molecule has 190 valence electrons. The minimum atomic E-state index is -0.186. The molecule has 4 aromatic carbocycles. The van der Waals surface area contributed by atoms with E-state index in [1.807, 2.05) is 12.1 Å². The van der Waals surface area contributed by atoms with Gasteiger partial charge in [-0.05, 0) is 86.3 Å². The molecule has 0 radical (unpaired) electrons. The summed E-state index contributed by atoms with van der Waals surface area (Å²) in [5.74, 6) is 1.58. The summed E-state index contributed by atoms with van der Waals surface area (Å²) in [6.07, 6.45) is 6.43. The van der Waals surface area contributed by atoms with E-state index in [1.165, 1.54) is 35.1 Å². The summed E-state index contributed by atoms with van der Waals surface area (Å²) < 4.78 is 23.5. The highest BCUT2D eigenvalue weighted by molar-refractivity contribution is 5.85. The van der Waals surface area contributed by atoms with Crippen LogP contribution in [0.15, 0.2) is 97.2 Å². The average molecular weight is 503 g/mol. The maximum Gasteiger partial charge on any atom is 0.133 e. The number of fused-ring (bicyclic) bond motifs is 3. The molecule has 0 amide bonds. The van der Waals surface area contributed by atoms with E-state index >= 15 is 0 Å². The number of ether oxygens (including phenoxy) is 1. The first-order valence-electron chi connectivity index (χ1n) is 13.6. The van der Waals surface area contributed by atoms with Gasteiger partial charge in [-0.25, -0.2) is 4.39 Å². The number of benzene rings is 4. The Kier molecular flexibility index (Phi) is 5.78. The van der Waals surface area contributed by atoms with Gasteiger partial charge in [0.2, 0.25) is 0 Å². The molecule has 2 atom stereocenters. The van der Waals surface area contributed by atoms with Crippen LogP contribution in [0.4, 0.5) is 4.39 Å². The third-order valence-corrected chi connectivity index (χ3v) is 8.38. The number of halogens is 1. The topological polar surface area (TPSA) is 17.4 Å². The van der Waals surface area contributed by atoms with Gasteiger partial charge in [-0.2, -0.15) is 0 Å². The summed E-state index contributed by atoms with van der Waals surface area (Å²) in [5.41, 5.74) is 7.10. The van der Waals surface area contributed by atoms with Gasteiger partial charge in [-0.15, -0.1) is 0 Å². The van der Waals surface area contributed by atoms with Crippen molar-refractivity contribution < 1.29 is 9.13 Å². The van der Waals surface area contributed by atoms with Crippen molar-refractivity contribution in [1.82, 2.24) is 9.47 Å². The fourth-order valence-electron chi connectivity index (χ4n) is 6.49. The standard InChI is InChI=1S/C34H31FN2O/c1-36-18-8-12-27(36)20-25-22-37(30-17-16-26(35)21-29(25)30)34-28-13-5-6-14-31(28)38-32-15-7-11-24(33(32)34)19-23-9-3-2-4-10-23/h2-7,9-11,13-17,21-22,27,34H,8,12,18-20H2,1H3/t27?,34-/m0/s1. The van der Waals surface area contributed by atoms with Crippen LogP contribution in [0.1, 0.15) is 46.7 Å². The molecular weight excluding hydrogens is 471 g/mol. The quantitative estimate of drug-likeness (QED) is 0.240. The molecule has 0 N–H and O–H groups in total. The minimum absolute atomic E-state index is 0.0714. The molecule has 38 heavy (non-hydrogen) atoms. The predicted molar refractivity (Wildman–Crippen MR) is 151 cm³/mol. The molecular formula is C34H31FN2O. The second-order valence-electron chi connectivity index (χ2n) is 10.7. The number of nitrogens with zero attached hydrogens (tertiary/aromatic N) is 2. The van der Waals surface area contributed by atoms with Gasteiger partial charge in [0.15, 0.2) is 0 Å². The van der Waals surface area contributed by atoms with E-state index in [2.05, 4.69) is 89.4 Å². The highest BCUT2D eigenvalue weighted by Crippen LogP contribution is 2.48. The Morgan fingerprint density at radius 1 is 0.868 bits per heavy atom. The van der Waals surface area contributed by atoms with Crippen LogP contribution in [-0.4, -0.2) is 29.1 Å². The van der Waals surface area contributed by atoms with Crippen molar-refractivity contribution in [3.8, 4) is 11.5 Å². The molecule has 3 nitrogen and oxygen atoms in total. The summed E-state index contributed by atoms with van der Waals surface area (Å²) in [7, 11) is 2.21.